The predicted molar refractivity (Wildman–Crippen MR) is 71.8 cm³/mol. The third-order valence-corrected chi connectivity index (χ3v) is 4.28. The molecular formula is C14H26N2O2. The van der Waals surface area contributed by atoms with E-state index in [1.54, 1.807) is 0 Å². The summed E-state index contributed by atoms with van der Waals surface area (Å²) in [6.45, 7) is 5.89. The average molecular weight is 254 g/mol. The molecule has 0 radical (unpaired) electrons. The first-order valence-corrected chi connectivity index (χ1v) is 7.44. The third-order valence-electron chi connectivity index (χ3n) is 4.28. The lowest BCUT2D eigenvalue weighted by atomic mass is 9.99. The van der Waals surface area contributed by atoms with E-state index in [0.717, 1.165) is 19.5 Å². The van der Waals surface area contributed by atoms with Gasteiger partial charge in [-0.2, -0.15) is 0 Å². The molecule has 1 N–H and O–H groups in total. The van der Waals surface area contributed by atoms with E-state index >= 15 is 0 Å². The Labute approximate surface area is 110 Å². The van der Waals surface area contributed by atoms with Crippen molar-refractivity contribution in [2.45, 2.75) is 51.0 Å². The molecule has 2 rings (SSSR count). The molecule has 4 nitrogen and oxygen atoms in total. The fourth-order valence-corrected chi connectivity index (χ4v) is 3.29. The summed E-state index contributed by atoms with van der Waals surface area (Å²) < 4.78 is 0. The van der Waals surface area contributed by atoms with E-state index in [0.29, 0.717) is 6.42 Å². The van der Waals surface area contributed by atoms with Crippen molar-refractivity contribution in [1.82, 2.24) is 9.80 Å². The van der Waals surface area contributed by atoms with Crippen LogP contribution in [0.15, 0.2) is 0 Å². The molecule has 2 fully saturated rings. The molecule has 2 aliphatic rings. The number of nitrogens with zero attached hydrogens (tertiary/aromatic N) is 2. The molecule has 0 aliphatic carbocycles. The Hall–Kier alpha value is -0.610. The van der Waals surface area contributed by atoms with Crippen molar-refractivity contribution in [3.05, 3.63) is 0 Å². The van der Waals surface area contributed by atoms with Gasteiger partial charge in [0.25, 0.3) is 0 Å². The molecule has 0 saturated carbocycles. The van der Waals surface area contributed by atoms with Crippen LogP contribution in [0.25, 0.3) is 0 Å². The summed E-state index contributed by atoms with van der Waals surface area (Å²) in [4.78, 5) is 15.8. The van der Waals surface area contributed by atoms with Gasteiger partial charge in [0, 0.05) is 6.04 Å². The van der Waals surface area contributed by atoms with Crippen LogP contribution >= 0.6 is 0 Å². The summed E-state index contributed by atoms with van der Waals surface area (Å²) in [5.74, 6) is -0.647. The molecule has 2 heterocycles. The van der Waals surface area contributed by atoms with Gasteiger partial charge in [0.1, 0.15) is 0 Å². The van der Waals surface area contributed by atoms with Gasteiger partial charge in [0.2, 0.25) is 0 Å². The van der Waals surface area contributed by atoms with Crippen LogP contribution in [0.1, 0.15) is 44.9 Å². The highest BCUT2D eigenvalue weighted by Gasteiger charge is 2.24. The first-order chi connectivity index (χ1) is 8.75. The van der Waals surface area contributed by atoms with Gasteiger partial charge in [-0.15, -0.1) is 0 Å². The molecule has 104 valence electrons. The minimum atomic E-state index is -0.647. The number of likely N-dealkylation sites (tertiary alicyclic amines) is 2. The predicted octanol–water partition coefficient (Wildman–Crippen LogP) is 1.80. The van der Waals surface area contributed by atoms with Crippen molar-refractivity contribution in [3.8, 4) is 0 Å². The number of carboxylic acids is 1. The molecule has 0 aromatic carbocycles. The Kier molecular flexibility index (Phi) is 5.45. The number of rotatable bonds is 6. The van der Waals surface area contributed by atoms with Crippen molar-refractivity contribution in [2.75, 3.05) is 32.7 Å². The first kappa shape index (κ1) is 13.8. The normalized spacial score (nSPS) is 26.6. The zero-order chi connectivity index (χ0) is 12.8. The lowest BCUT2D eigenvalue weighted by Crippen LogP contribution is -2.42. The van der Waals surface area contributed by atoms with E-state index in [-0.39, 0.29) is 6.04 Å². The van der Waals surface area contributed by atoms with Crippen LogP contribution in [-0.2, 0) is 4.79 Å². The van der Waals surface area contributed by atoms with E-state index < -0.39 is 5.97 Å². The average Bonchev–Trinajstić information content (AvgIpc) is 2.84. The van der Waals surface area contributed by atoms with Gasteiger partial charge < -0.3 is 10.0 Å². The maximum atomic E-state index is 10.9. The Morgan fingerprint density at radius 1 is 1.06 bits per heavy atom. The van der Waals surface area contributed by atoms with Gasteiger partial charge in [-0.25, -0.2) is 0 Å². The second kappa shape index (κ2) is 7.10. The molecule has 0 spiro atoms. The Balaban J connectivity index is 1.69. The third kappa shape index (κ3) is 4.25. The quantitative estimate of drug-likeness (QED) is 0.785. The molecule has 2 aliphatic heterocycles. The topological polar surface area (TPSA) is 43.8 Å². The van der Waals surface area contributed by atoms with Crippen LogP contribution in [-0.4, -0.2) is 59.6 Å². The summed E-state index contributed by atoms with van der Waals surface area (Å²) in [5.41, 5.74) is 0. The largest absolute Gasteiger partial charge is 0.481 e. The zero-order valence-corrected chi connectivity index (χ0v) is 11.3. The van der Waals surface area contributed by atoms with E-state index in [1.807, 2.05) is 0 Å². The molecule has 4 heteroatoms. The number of aliphatic carboxylic acids is 1. The smallest absolute Gasteiger partial charge is 0.304 e. The molecule has 1 unspecified atom stereocenters. The Morgan fingerprint density at radius 3 is 2.50 bits per heavy atom. The van der Waals surface area contributed by atoms with Crippen LogP contribution in [0.3, 0.4) is 0 Å². The van der Waals surface area contributed by atoms with Crippen molar-refractivity contribution in [2.24, 2.45) is 0 Å². The molecular weight excluding hydrogens is 228 g/mol. The molecule has 18 heavy (non-hydrogen) atoms. The second-order valence-electron chi connectivity index (χ2n) is 5.69. The molecule has 0 aromatic rings. The van der Waals surface area contributed by atoms with E-state index in [9.17, 15) is 4.79 Å². The minimum absolute atomic E-state index is 0.287. The molecule has 2 saturated heterocycles. The Bertz CT molecular complexity index is 265. The lowest BCUT2D eigenvalue weighted by Gasteiger charge is -2.35. The van der Waals surface area contributed by atoms with Gasteiger partial charge in [0.15, 0.2) is 0 Å². The number of piperidine rings is 1. The summed E-state index contributed by atoms with van der Waals surface area (Å²) in [6.07, 6.45) is 7.72. The molecule has 0 aromatic heterocycles. The van der Waals surface area contributed by atoms with E-state index in [2.05, 4.69) is 9.80 Å². The lowest BCUT2D eigenvalue weighted by molar-refractivity contribution is -0.138. The molecule has 1 atom stereocenters. The zero-order valence-electron chi connectivity index (χ0n) is 11.3. The van der Waals surface area contributed by atoms with Crippen LogP contribution in [0.5, 0.6) is 0 Å². The SMILES string of the molecule is O=C(O)CC1CCCCN1CCCN1CCCC1. The van der Waals surface area contributed by atoms with Crippen LogP contribution < -0.4 is 0 Å². The van der Waals surface area contributed by atoms with Crippen LogP contribution in [0.2, 0.25) is 0 Å². The molecule has 0 bridgehead atoms. The van der Waals surface area contributed by atoms with Gasteiger partial charge in [-0.3, -0.25) is 9.69 Å². The van der Waals surface area contributed by atoms with E-state index in [1.165, 1.54) is 51.7 Å². The maximum absolute atomic E-state index is 10.9. The monoisotopic (exact) mass is 254 g/mol. The highest BCUT2D eigenvalue weighted by Crippen LogP contribution is 2.20. The number of hydrogen-bond acceptors (Lipinski definition) is 3. The van der Waals surface area contributed by atoms with Gasteiger partial charge >= 0.3 is 5.97 Å². The standard InChI is InChI=1S/C14H26N2O2/c17-14(18)12-13-6-1-2-10-16(13)11-5-9-15-7-3-4-8-15/h13H,1-12H2,(H,17,18). The second-order valence-corrected chi connectivity index (χ2v) is 5.69. The van der Waals surface area contributed by atoms with Crippen molar-refractivity contribution in [1.29, 1.82) is 0 Å². The van der Waals surface area contributed by atoms with Crippen LogP contribution in [0.4, 0.5) is 0 Å². The van der Waals surface area contributed by atoms with Crippen molar-refractivity contribution in [3.63, 3.8) is 0 Å². The number of carboxylic acid groups (broad SMARTS) is 1. The first-order valence-electron chi connectivity index (χ1n) is 7.44. The Morgan fingerprint density at radius 2 is 1.78 bits per heavy atom. The number of hydrogen-bond donors (Lipinski definition) is 1. The maximum Gasteiger partial charge on any atom is 0.304 e. The summed E-state index contributed by atoms with van der Waals surface area (Å²) >= 11 is 0. The minimum Gasteiger partial charge on any atom is -0.481 e. The van der Waals surface area contributed by atoms with Gasteiger partial charge in [-0.05, 0) is 64.8 Å². The summed E-state index contributed by atoms with van der Waals surface area (Å²) in [5, 5.41) is 8.95. The van der Waals surface area contributed by atoms with Gasteiger partial charge in [-0.1, -0.05) is 6.42 Å². The highest BCUT2D eigenvalue weighted by molar-refractivity contribution is 5.67. The van der Waals surface area contributed by atoms with Crippen LogP contribution in [0, 0.1) is 0 Å². The van der Waals surface area contributed by atoms with Crippen molar-refractivity contribution < 1.29 is 9.90 Å². The summed E-state index contributed by atoms with van der Waals surface area (Å²) in [6, 6.07) is 0.287. The van der Waals surface area contributed by atoms with E-state index in [4.69, 9.17) is 5.11 Å². The number of carbonyl (C=O) groups is 1. The fraction of sp³-hybridized carbons (Fsp3) is 0.929. The summed E-state index contributed by atoms with van der Waals surface area (Å²) in [7, 11) is 0. The fourth-order valence-electron chi connectivity index (χ4n) is 3.29. The van der Waals surface area contributed by atoms with Crippen molar-refractivity contribution >= 4 is 5.97 Å². The molecule has 0 amide bonds. The van der Waals surface area contributed by atoms with Gasteiger partial charge in [0.05, 0.1) is 6.42 Å². The highest BCUT2D eigenvalue weighted by atomic mass is 16.4.